The summed E-state index contributed by atoms with van der Waals surface area (Å²) in [4.78, 5) is 31.5. The van der Waals surface area contributed by atoms with Crippen molar-refractivity contribution in [2.24, 2.45) is 5.10 Å². The fourth-order valence-electron chi connectivity index (χ4n) is 4.20. The summed E-state index contributed by atoms with van der Waals surface area (Å²) in [6.45, 7) is 7.09. The maximum absolute atomic E-state index is 13.4. The molecule has 0 bridgehead atoms. The van der Waals surface area contributed by atoms with Gasteiger partial charge in [-0.2, -0.15) is 5.10 Å². The molecule has 0 saturated carbocycles. The second kappa shape index (κ2) is 6.61. The second-order valence-corrected chi connectivity index (χ2v) is 7.35. The molecule has 8 heteroatoms. The molecule has 4 rings (SSSR count). The van der Waals surface area contributed by atoms with Crippen LogP contribution < -0.4 is 5.32 Å². The molecule has 2 saturated heterocycles. The van der Waals surface area contributed by atoms with Crippen molar-refractivity contribution in [3.8, 4) is 0 Å². The largest absolute Gasteiger partial charge is 0.328 e. The van der Waals surface area contributed by atoms with E-state index in [4.69, 9.17) is 0 Å². The first-order chi connectivity index (χ1) is 12.9. The summed E-state index contributed by atoms with van der Waals surface area (Å²) in [5, 5.41) is 10.0. The quantitative estimate of drug-likeness (QED) is 0.862. The Morgan fingerprint density at radius 3 is 2.56 bits per heavy atom. The molecule has 2 fully saturated rings. The number of amides is 3. The number of fused-ring (bicyclic) bond motifs is 3. The molecule has 0 aromatic heterocycles. The summed E-state index contributed by atoms with van der Waals surface area (Å²) >= 11 is 0. The topological polar surface area (TPSA) is 71.5 Å². The molecule has 27 heavy (non-hydrogen) atoms. The number of hydrazone groups is 1. The van der Waals surface area contributed by atoms with Crippen LogP contribution in [0.2, 0.25) is 0 Å². The number of urea groups is 1. The third-order valence-corrected chi connectivity index (χ3v) is 5.82. The molecular weight excluding hydrogens is 344 g/mol. The molecule has 3 aliphatic rings. The van der Waals surface area contributed by atoms with E-state index in [9.17, 15) is 9.59 Å². The Morgan fingerprint density at radius 2 is 1.89 bits per heavy atom. The molecule has 3 aliphatic heterocycles. The lowest BCUT2D eigenvalue weighted by Gasteiger charge is -2.44. The van der Waals surface area contributed by atoms with E-state index >= 15 is 0 Å². The summed E-state index contributed by atoms with van der Waals surface area (Å²) in [5.41, 5.74) is 1.91. The van der Waals surface area contributed by atoms with Gasteiger partial charge in [0.05, 0.1) is 18.3 Å². The van der Waals surface area contributed by atoms with Crippen molar-refractivity contribution in [2.45, 2.75) is 51.9 Å². The summed E-state index contributed by atoms with van der Waals surface area (Å²) in [5.74, 6) is -0.153. The van der Waals surface area contributed by atoms with E-state index in [-0.39, 0.29) is 37.0 Å². The minimum atomic E-state index is -0.434. The van der Waals surface area contributed by atoms with Gasteiger partial charge in [-0.25, -0.2) is 9.69 Å². The standard InChI is InChI=1S/C19H26N6O2/c1-5-24-18-20-16-15(25(18)13(3)12(2)21-24)17(26)23(19(27)22(16)4)11-14-9-7-6-8-10-14/h6-10,13,15-16,18,20H,5,11H2,1-4H3. The third kappa shape index (κ3) is 2.71. The van der Waals surface area contributed by atoms with E-state index < -0.39 is 6.04 Å². The Morgan fingerprint density at radius 1 is 1.19 bits per heavy atom. The first-order valence-electron chi connectivity index (χ1n) is 9.41. The first kappa shape index (κ1) is 17.9. The molecule has 144 valence electrons. The van der Waals surface area contributed by atoms with Crippen molar-refractivity contribution in [1.82, 2.24) is 25.0 Å². The number of nitrogens with zero attached hydrogens (tertiary/aromatic N) is 5. The van der Waals surface area contributed by atoms with Gasteiger partial charge in [0.2, 0.25) is 0 Å². The number of hydrogen-bond acceptors (Lipinski definition) is 6. The number of hydrogen-bond donors (Lipinski definition) is 1. The highest BCUT2D eigenvalue weighted by Gasteiger charge is 2.57. The minimum absolute atomic E-state index is 0.0180. The van der Waals surface area contributed by atoms with Crippen LogP contribution in [-0.2, 0) is 11.3 Å². The van der Waals surface area contributed by atoms with Gasteiger partial charge in [0.25, 0.3) is 5.91 Å². The number of likely N-dealkylation sites (N-methyl/N-ethyl adjacent to an activating group) is 1. The first-order valence-corrected chi connectivity index (χ1v) is 9.41. The number of imide groups is 1. The van der Waals surface area contributed by atoms with Crippen LogP contribution in [0.4, 0.5) is 4.79 Å². The SMILES string of the molecule is CCN1N=C(C)C(C)N2C3C(=O)N(Cc4ccccc4)C(=O)N(C)C3NC12. The molecule has 8 nitrogen and oxygen atoms in total. The van der Waals surface area contributed by atoms with E-state index in [1.807, 2.05) is 49.2 Å². The van der Waals surface area contributed by atoms with Crippen molar-refractivity contribution in [3.05, 3.63) is 35.9 Å². The third-order valence-electron chi connectivity index (χ3n) is 5.82. The summed E-state index contributed by atoms with van der Waals surface area (Å²) in [6, 6.07) is 8.93. The lowest BCUT2D eigenvalue weighted by Crippen LogP contribution is -2.67. The van der Waals surface area contributed by atoms with Crippen LogP contribution in [0.3, 0.4) is 0 Å². The Kier molecular flexibility index (Phi) is 4.39. The maximum atomic E-state index is 13.4. The Labute approximate surface area is 159 Å². The van der Waals surface area contributed by atoms with Gasteiger partial charge in [0.15, 0.2) is 6.29 Å². The molecular formula is C19H26N6O2. The predicted octanol–water partition coefficient (Wildman–Crippen LogP) is 1.06. The van der Waals surface area contributed by atoms with Gasteiger partial charge in [-0.3, -0.25) is 20.0 Å². The maximum Gasteiger partial charge on any atom is 0.328 e. The van der Waals surface area contributed by atoms with Crippen LogP contribution in [0, 0.1) is 0 Å². The molecule has 1 N–H and O–H groups in total. The molecule has 1 aromatic rings. The molecule has 3 heterocycles. The van der Waals surface area contributed by atoms with Crippen LogP contribution in [-0.4, -0.2) is 75.5 Å². The highest BCUT2D eigenvalue weighted by Crippen LogP contribution is 2.33. The van der Waals surface area contributed by atoms with Gasteiger partial charge in [0, 0.05) is 13.6 Å². The number of rotatable bonds is 3. The van der Waals surface area contributed by atoms with Gasteiger partial charge >= 0.3 is 6.03 Å². The van der Waals surface area contributed by atoms with Crippen molar-refractivity contribution in [1.29, 1.82) is 0 Å². The van der Waals surface area contributed by atoms with Crippen molar-refractivity contribution < 1.29 is 9.59 Å². The number of nitrogens with one attached hydrogen (secondary N) is 1. The minimum Gasteiger partial charge on any atom is -0.310 e. The van der Waals surface area contributed by atoms with Crippen LogP contribution in [0.25, 0.3) is 0 Å². The zero-order chi connectivity index (χ0) is 19.3. The van der Waals surface area contributed by atoms with E-state index in [1.165, 1.54) is 4.90 Å². The van der Waals surface area contributed by atoms with E-state index in [1.54, 1.807) is 11.9 Å². The average molecular weight is 370 g/mol. The highest BCUT2D eigenvalue weighted by molar-refractivity contribution is 6.01. The smallest absolute Gasteiger partial charge is 0.310 e. The molecule has 0 radical (unpaired) electrons. The molecule has 0 spiro atoms. The number of carbonyl (C=O) groups excluding carboxylic acids is 2. The molecule has 1 aromatic carbocycles. The second-order valence-electron chi connectivity index (χ2n) is 7.35. The van der Waals surface area contributed by atoms with Gasteiger partial charge in [-0.05, 0) is 26.3 Å². The fourth-order valence-corrected chi connectivity index (χ4v) is 4.20. The van der Waals surface area contributed by atoms with Gasteiger partial charge < -0.3 is 4.90 Å². The zero-order valence-electron chi connectivity index (χ0n) is 16.2. The normalized spacial score (nSPS) is 31.1. The van der Waals surface area contributed by atoms with Crippen LogP contribution in [0.5, 0.6) is 0 Å². The lowest BCUT2D eigenvalue weighted by molar-refractivity contribution is -0.140. The van der Waals surface area contributed by atoms with Crippen LogP contribution in [0.1, 0.15) is 26.3 Å². The predicted molar refractivity (Wildman–Crippen MR) is 101 cm³/mol. The van der Waals surface area contributed by atoms with Crippen molar-refractivity contribution >= 4 is 17.6 Å². The number of carbonyl (C=O) groups is 2. The van der Waals surface area contributed by atoms with Gasteiger partial charge in [-0.1, -0.05) is 30.3 Å². The van der Waals surface area contributed by atoms with Crippen molar-refractivity contribution in [2.75, 3.05) is 13.6 Å². The monoisotopic (exact) mass is 370 g/mol. The van der Waals surface area contributed by atoms with Crippen molar-refractivity contribution in [3.63, 3.8) is 0 Å². The molecule has 4 atom stereocenters. The summed E-state index contributed by atoms with van der Waals surface area (Å²) in [7, 11) is 1.75. The van der Waals surface area contributed by atoms with E-state index in [0.29, 0.717) is 0 Å². The fraction of sp³-hybridized carbons (Fsp3) is 0.526. The Hall–Kier alpha value is -2.45. The Bertz CT molecular complexity index is 782. The highest BCUT2D eigenvalue weighted by atomic mass is 16.2. The Balaban J connectivity index is 1.68. The molecule has 0 aliphatic carbocycles. The van der Waals surface area contributed by atoms with Gasteiger partial charge in [-0.15, -0.1) is 0 Å². The van der Waals surface area contributed by atoms with E-state index in [0.717, 1.165) is 17.8 Å². The summed E-state index contributed by atoms with van der Waals surface area (Å²) in [6.07, 6.45) is -0.556. The van der Waals surface area contributed by atoms with Crippen LogP contribution in [0.15, 0.2) is 35.4 Å². The number of benzene rings is 1. The van der Waals surface area contributed by atoms with Gasteiger partial charge in [0.1, 0.15) is 12.2 Å². The van der Waals surface area contributed by atoms with Crippen LogP contribution >= 0.6 is 0 Å². The zero-order valence-corrected chi connectivity index (χ0v) is 16.2. The van der Waals surface area contributed by atoms with E-state index in [2.05, 4.69) is 22.2 Å². The lowest BCUT2D eigenvalue weighted by atomic mass is 10.0. The summed E-state index contributed by atoms with van der Waals surface area (Å²) < 4.78 is 0. The molecule has 4 unspecified atom stereocenters. The molecule has 3 amide bonds. The average Bonchev–Trinajstić information content (AvgIpc) is 3.08.